The molecule has 39 heavy (non-hydrogen) atoms. The van der Waals surface area contributed by atoms with Crippen molar-refractivity contribution in [2.45, 2.75) is 38.0 Å². The maximum atomic E-state index is 14.8. The molecule has 0 radical (unpaired) electrons. The quantitative estimate of drug-likeness (QED) is 0.283. The van der Waals surface area contributed by atoms with Crippen molar-refractivity contribution in [2.75, 3.05) is 26.7 Å². The number of nitrogens with one attached hydrogen (secondary N) is 2. The largest absolute Gasteiger partial charge is 0.366 e. The fourth-order valence-electron chi connectivity index (χ4n) is 5.00. The minimum atomic E-state index is -1.47. The van der Waals surface area contributed by atoms with Crippen molar-refractivity contribution < 1.29 is 23.2 Å². The number of primary amides is 1. The molecular formula is C29H33F2N5O3. The lowest BCUT2D eigenvalue weighted by molar-refractivity contribution is -0.136. The number of hydrogen-bond acceptors (Lipinski definition) is 5. The van der Waals surface area contributed by atoms with E-state index < -0.39 is 41.2 Å². The maximum absolute atomic E-state index is 14.8. The molecule has 8 nitrogen and oxygen atoms in total. The third-order valence-corrected chi connectivity index (χ3v) is 6.88. The molecule has 1 aliphatic rings. The van der Waals surface area contributed by atoms with E-state index in [0.717, 1.165) is 17.7 Å². The molecule has 3 unspecified atom stereocenters. The Morgan fingerprint density at radius 3 is 2.54 bits per heavy atom. The van der Waals surface area contributed by atoms with Gasteiger partial charge in [-0.15, -0.1) is 0 Å². The van der Waals surface area contributed by atoms with Crippen LogP contribution < -0.4 is 16.4 Å². The van der Waals surface area contributed by atoms with Gasteiger partial charge in [-0.2, -0.15) is 5.26 Å². The molecule has 0 aliphatic carbocycles. The van der Waals surface area contributed by atoms with Crippen LogP contribution in [0.25, 0.3) is 0 Å². The summed E-state index contributed by atoms with van der Waals surface area (Å²) in [5.41, 5.74) is 6.65. The van der Waals surface area contributed by atoms with E-state index in [9.17, 15) is 28.4 Å². The van der Waals surface area contributed by atoms with Crippen LogP contribution in [-0.4, -0.2) is 49.3 Å². The number of rotatable bonds is 12. The van der Waals surface area contributed by atoms with Crippen LogP contribution in [0.3, 0.4) is 0 Å². The second kappa shape index (κ2) is 13.6. The number of hydrogen-bond donors (Lipinski definition) is 3. The molecule has 10 heteroatoms. The van der Waals surface area contributed by atoms with Crippen LogP contribution in [0.15, 0.2) is 59.8 Å². The molecule has 1 aliphatic heterocycles. The van der Waals surface area contributed by atoms with Crippen LogP contribution >= 0.6 is 0 Å². The predicted octanol–water partition coefficient (Wildman–Crippen LogP) is 3.08. The molecule has 0 spiro atoms. The third kappa shape index (κ3) is 7.27. The van der Waals surface area contributed by atoms with Crippen LogP contribution in [0.5, 0.6) is 0 Å². The van der Waals surface area contributed by atoms with Gasteiger partial charge in [0.1, 0.15) is 17.6 Å². The predicted molar refractivity (Wildman–Crippen MR) is 142 cm³/mol. The minimum Gasteiger partial charge on any atom is -0.366 e. The van der Waals surface area contributed by atoms with Gasteiger partial charge in [-0.1, -0.05) is 43.3 Å². The van der Waals surface area contributed by atoms with E-state index in [4.69, 9.17) is 5.73 Å². The van der Waals surface area contributed by atoms with E-state index in [2.05, 4.69) is 21.6 Å². The number of carbonyl (C=O) groups is 3. The number of halogens is 2. The van der Waals surface area contributed by atoms with Crippen molar-refractivity contribution in [2.24, 2.45) is 11.7 Å². The number of allylic oxidation sites excluding steroid dienone is 1. The highest BCUT2D eigenvalue weighted by atomic mass is 19.1. The van der Waals surface area contributed by atoms with Gasteiger partial charge in [0.15, 0.2) is 0 Å². The summed E-state index contributed by atoms with van der Waals surface area (Å²) in [6.45, 7) is 3.16. The molecule has 0 bridgehead atoms. The number of likely N-dealkylation sites (N-methyl/N-ethyl adjacent to an activating group) is 1. The van der Waals surface area contributed by atoms with E-state index in [1.165, 1.54) is 0 Å². The van der Waals surface area contributed by atoms with Crippen LogP contribution in [0, 0.1) is 28.9 Å². The second-order valence-corrected chi connectivity index (χ2v) is 9.60. The molecule has 2 aromatic rings. The average molecular weight is 538 g/mol. The zero-order chi connectivity index (χ0) is 28.5. The molecule has 206 valence electrons. The fraction of sp³-hybridized carbons (Fsp3) is 0.379. The number of carbonyl (C=O) groups excluding carboxylic acids is 3. The summed E-state index contributed by atoms with van der Waals surface area (Å²) in [5.74, 6) is -6.82. The number of amides is 3. The summed E-state index contributed by atoms with van der Waals surface area (Å²) in [5, 5.41) is 14.5. The van der Waals surface area contributed by atoms with Crippen molar-refractivity contribution in [1.29, 1.82) is 5.26 Å². The Morgan fingerprint density at radius 1 is 1.21 bits per heavy atom. The molecule has 2 aromatic carbocycles. The third-order valence-electron chi connectivity index (χ3n) is 6.88. The smallest absolute Gasteiger partial charge is 0.247 e. The summed E-state index contributed by atoms with van der Waals surface area (Å²) in [7, 11) is 1.92. The van der Waals surface area contributed by atoms with E-state index in [-0.39, 0.29) is 35.7 Å². The standard InChI is InChI=1S/C29H33F2N5O3/c1-3-23-25(27(33)37)24(21-11-10-20(30)16-22(21)31)26(29(39)35-23)28(38)34-14-7-15-36(2)17-19(12-13-32)18-8-5-4-6-9-18/h4-6,8-11,16,19,24,26H,3,7,12,14-15,17H2,1-2H3,(H2,33,37)(H,34,38)(H,35,39). The van der Waals surface area contributed by atoms with Crippen molar-refractivity contribution in [3.63, 3.8) is 0 Å². The van der Waals surface area contributed by atoms with Crippen molar-refractivity contribution in [3.8, 4) is 6.07 Å². The molecular weight excluding hydrogens is 504 g/mol. The van der Waals surface area contributed by atoms with Crippen molar-refractivity contribution in [3.05, 3.63) is 82.6 Å². The van der Waals surface area contributed by atoms with Gasteiger partial charge in [-0.3, -0.25) is 14.4 Å². The van der Waals surface area contributed by atoms with E-state index >= 15 is 0 Å². The zero-order valence-electron chi connectivity index (χ0n) is 22.0. The highest BCUT2D eigenvalue weighted by Gasteiger charge is 2.45. The summed E-state index contributed by atoms with van der Waals surface area (Å²) in [6, 6.07) is 14.8. The molecule has 0 fully saturated rings. The molecule has 0 saturated heterocycles. The normalized spacial score (nSPS) is 17.9. The van der Waals surface area contributed by atoms with Gasteiger partial charge in [0.2, 0.25) is 17.7 Å². The lowest BCUT2D eigenvalue weighted by Crippen LogP contribution is -2.50. The van der Waals surface area contributed by atoms with Crippen LogP contribution in [0.4, 0.5) is 8.78 Å². The lowest BCUT2D eigenvalue weighted by atomic mass is 9.75. The van der Waals surface area contributed by atoms with Crippen molar-refractivity contribution >= 4 is 17.7 Å². The van der Waals surface area contributed by atoms with Gasteiger partial charge in [0.05, 0.1) is 6.07 Å². The molecule has 3 rings (SSSR count). The Hall–Kier alpha value is -4.10. The van der Waals surface area contributed by atoms with E-state index in [1.807, 2.05) is 37.4 Å². The summed E-state index contributed by atoms with van der Waals surface area (Å²) in [6.07, 6.45) is 1.14. The Balaban J connectivity index is 1.70. The molecule has 4 N–H and O–H groups in total. The van der Waals surface area contributed by atoms with Crippen molar-refractivity contribution in [1.82, 2.24) is 15.5 Å². The van der Waals surface area contributed by atoms with Crippen LogP contribution in [0.2, 0.25) is 0 Å². The molecule has 0 aromatic heterocycles. The molecule has 1 heterocycles. The van der Waals surface area contributed by atoms with E-state index in [1.54, 1.807) is 6.92 Å². The maximum Gasteiger partial charge on any atom is 0.247 e. The fourth-order valence-corrected chi connectivity index (χ4v) is 5.00. The summed E-state index contributed by atoms with van der Waals surface area (Å²) in [4.78, 5) is 40.7. The monoisotopic (exact) mass is 537 g/mol. The highest BCUT2D eigenvalue weighted by Crippen LogP contribution is 2.39. The van der Waals surface area contributed by atoms with E-state index in [0.29, 0.717) is 32.0 Å². The highest BCUT2D eigenvalue weighted by molar-refractivity contribution is 6.07. The lowest BCUT2D eigenvalue weighted by Gasteiger charge is -2.33. The number of benzene rings is 2. The minimum absolute atomic E-state index is 0.0415. The number of nitrogens with two attached hydrogens (primary N) is 1. The Morgan fingerprint density at radius 2 is 1.92 bits per heavy atom. The molecule has 0 saturated carbocycles. The first-order valence-corrected chi connectivity index (χ1v) is 12.8. The topological polar surface area (TPSA) is 128 Å². The average Bonchev–Trinajstić information content (AvgIpc) is 2.90. The number of nitrogens with zero attached hydrogens (tertiary/aromatic N) is 2. The van der Waals surface area contributed by atoms with Gasteiger partial charge in [-0.05, 0) is 43.6 Å². The Kier molecular flexibility index (Phi) is 10.3. The zero-order valence-corrected chi connectivity index (χ0v) is 22.0. The first-order chi connectivity index (χ1) is 18.7. The first kappa shape index (κ1) is 29.5. The van der Waals surface area contributed by atoms with Gasteiger partial charge in [-0.25, -0.2) is 8.78 Å². The first-order valence-electron chi connectivity index (χ1n) is 12.8. The molecule has 3 amide bonds. The Labute approximate surface area is 226 Å². The van der Waals surface area contributed by atoms with Crippen LogP contribution in [0.1, 0.15) is 49.1 Å². The van der Waals surface area contributed by atoms with Gasteiger partial charge < -0.3 is 21.3 Å². The SMILES string of the molecule is CCC1=C(C(N)=O)C(c2ccc(F)cc2F)C(C(=O)NCCCN(C)CC(CC#N)c2ccccc2)C(=O)N1. The number of nitriles is 1. The summed E-state index contributed by atoms with van der Waals surface area (Å²) < 4.78 is 28.5. The molecule has 3 atom stereocenters. The van der Waals surface area contributed by atoms with Gasteiger partial charge >= 0.3 is 0 Å². The second-order valence-electron chi connectivity index (χ2n) is 9.60. The van der Waals surface area contributed by atoms with Gasteiger partial charge in [0, 0.05) is 48.7 Å². The van der Waals surface area contributed by atoms with Gasteiger partial charge in [0.25, 0.3) is 0 Å². The summed E-state index contributed by atoms with van der Waals surface area (Å²) >= 11 is 0. The van der Waals surface area contributed by atoms with Crippen LogP contribution in [-0.2, 0) is 14.4 Å². The Bertz CT molecular complexity index is 1280.